The molecule has 0 amide bonds. The van der Waals surface area contributed by atoms with Crippen molar-refractivity contribution < 1.29 is 25.1 Å². The summed E-state index contributed by atoms with van der Waals surface area (Å²) in [5, 5.41) is 12.0. The third-order valence-electron chi connectivity index (χ3n) is 4.36. The van der Waals surface area contributed by atoms with Gasteiger partial charge in [-0.3, -0.25) is 9.78 Å². The van der Waals surface area contributed by atoms with Crippen LogP contribution in [0.4, 0.5) is 8.78 Å². The smallest absolute Gasteiger partial charge is 0.325 e. The zero-order valence-electron chi connectivity index (χ0n) is 21.2. The van der Waals surface area contributed by atoms with Crippen LogP contribution in [0.1, 0.15) is 25.4 Å². The van der Waals surface area contributed by atoms with E-state index in [1.165, 1.54) is 17.8 Å². The van der Waals surface area contributed by atoms with E-state index in [0.717, 1.165) is 24.5 Å². The minimum Gasteiger partial charge on any atom is -0.478 e. The van der Waals surface area contributed by atoms with Gasteiger partial charge in [0.2, 0.25) is 11.8 Å². The molecule has 4 aromatic rings. The zero-order valence-corrected chi connectivity index (χ0v) is 16.2. The zero-order chi connectivity index (χ0) is 27.1. The molecule has 0 saturated carbocycles. The molecule has 13 heteroatoms. The Bertz CT molecular complexity index is 1570. The SMILES string of the molecule is [2H]C([2H])([2H])C([2H])([2H])Oc1cc([C@@H](Oc2nn(C)c3nnc(-c4c[nH]c(=O)[nH]c4=O)cc23)C(F)F)ccn1. The Morgan fingerprint density at radius 2 is 2.16 bits per heavy atom. The number of halogens is 2. The Balaban J connectivity index is 1.71. The molecule has 4 rings (SSSR count). The maximum Gasteiger partial charge on any atom is 0.325 e. The molecular weight excluding hydrogens is 428 g/mol. The van der Waals surface area contributed by atoms with Crippen molar-refractivity contribution in [3.8, 4) is 23.0 Å². The second kappa shape index (κ2) is 8.53. The van der Waals surface area contributed by atoms with Gasteiger partial charge < -0.3 is 14.5 Å². The van der Waals surface area contributed by atoms with Crippen molar-refractivity contribution in [3.05, 3.63) is 57.0 Å². The summed E-state index contributed by atoms with van der Waals surface area (Å²) in [4.78, 5) is 31.5. The minimum absolute atomic E-state index is 0.00272. The number of H-pyrrole nitrogens is 2. The lowest BCUT2D eigenvalue weighted by atomic mass is 10.1. The second-order valence-corrected chi connectivity index (χ2v) is 6.39. The largest absolute Gasteiger partial charge is 0.478 e. The van der Waals surface area contributed by atoms with Crippen LogP contribution in [-0.2, 0) is 7.05 Å². The number of alkyl halides is 2. The van der Waals surface area contributed by atoms with Crippen molar-refractivity contribution in [1.29, 1.82) is 0 Å². The maximum absolute atomic E-state index is 14.1. The van der Waals surface area contributed by atoms with Crippen LogP contribution in [0.5, 0.6) is 11.8 Å². The lowest BCUT2D eigenvalue weighted by Gasteiger charge is -2.17. The van der Waals surface area contributed by atoms with Crippen molar-refractivity contribution in [3.63, 3.8) is 0 Å². The third-order valence-corrected chi connectivity index (χ3v) is 4.36. The number of hydrogen-bond donors (Lipinski definition) is 2. The number of rotatable bonds is 7. The van der Waals surface area contributed by atoms with Crippen LogP contribution in [-0.4, -0.2) is 47.9 Å². The van der Waals surface area contributed by atoms with Crippen LogP contribution in [0.2, 0.25) is 0 Å². The summed E-state index contributed by atoms with van der Waals surface area (Å²) in [6, 6.07) is 3.41. The minimum atomic E-state index is -3.16. The normalized spacial score (nSPS) is 15.4. The van der Waals surface area contributed by atoms with Gasteiger partial charge in [0.05, 0.1) is 20.3 Å². The van der Waals surface area contributed by atoms with Crippen molar-refractivity contribution in [1.82, 2.24) is 34.9 Å². The van der Waals surface area contributed by atoms with Gasteiger partial charge in [-0.25, -0.2) is 23.2 Å². The topological polar surface area (TPSA) is 141 Å². The molecule has 0 aliphatic rings. The molecule has 166 valence electrons. The number of pyridine rings is 1. The van der Waals surface area contributed by atoms with Crippen molar-refractivity contribution >= 4 is 11.0 Å². The molecule has 4 aromatic heterocycles. The maximum atomic E-state index is 14.1. The van der Waals surface area contributed by atoms with E-state index in [1.54, 1.807) is 0 Å². The van der Waals surface area contributed by atoms with E-state index in [9.17, 15) is 18.4 Å². The van der Waals surface area contributed by atoms with E-state index in [-0.39, 0.29) is 33.7 Å². The first-order valence-corrected chi connectivity index (χ1v) is 8.89. The molecular formula is C19H17F2N7O4. The van der Waals surface area contributed by atoms with Crippen LogP contribution in [0, 0.1) is 0 Å². The monoisotopic (exact) mass is 450 g/mol. The molecule has 0 aromatic carbocycles. The Hall–Kier alpha value is -4.16. The summed E-state index contributed by atoms with van der Waals surface area (Å²) in [7, 11) is 1.46. The van der Waals surface area contributed by atoms with E-state index in [2.05, 4.69) is 25.3 Å². The molecule has 11 nitrogen and oxygen atoms in total. The molecule has 0 bridgehead atoms. The first-order valence-electron chi connectivity index (χ1n) is 11.4. The van der Waals surface area contributed by atoms with E-state index < -0.39 is 43.1 Å². The quantitative estimate of drug-likeness (QED) is 0.432. The second-order valence-electron chi connectivity index (χ2n) is 6.39. The first-order chi connectivity index (χ1) is 17.3. The molecule has 0 spiro atoms. The van der Waals surface area contributed by atoms with E-state index in [1.807, 2.05) is 4.98 Å². The molecule has 2 N–H and O–H groups in total. The molecule has 0 aliphatic heterocycles. The molecule has 0 saturated heterocycles. The summed E-state index contributed by atoms with van der Waals surface area (Å²) < 4.78 is 76.5. The first kappa shape index (κ1) is 15.6. The van der Waals surface area contributed by atoms with E-state index in [0.29, 0.717) is 0 Å². The van der Waals surface area contributed by atoms with Gasteiger partial charge in [0.15, 0.2) is 11.8 Å². The average molecular weight is 450 g/mol. The predicted molar refractivity (Wildman–Crippen MR) is 108 cm³/mol. The highest BCUT2D eigenvalue weighted by Crippen LogP contribution is 2.32. The fourth-order valence-electron chi connectivity index (χ4n) is 2.93. The summed E-state index contributed by atoms with van der Waals surface area (Å²) in [5.74, 6) is -0.846. The lowest BCUT2D eigenvalue weighted by Crippen LogP contribution is -2.22. The fraction of sp³-hybridized carbons (Fsp3) is 0.263. The van der Waals surface area contributed by atoms with Crippen molar-refractivity contribution in [2.45, 2.75) is 19.4 Å². The van der Waals surface area contributed by atoms with E-state index in [4.69, 9.17) is 16.3 Å². The van der Waals surface area contributed by atoms with Gasteiger partial charge >= 0.3 is 5.69 Å². The summed E-state index contributed by atoms with van der Waals surface area (Å²) in [6.45, 7) is -6.30. The predicted octanol–water partition coefficient (Wildman–Crippen LogP) is 1.59. The highest BCUT2D eigenvalue weighted by Gasteiger charge is 2.28. The Labute approximate surface area is 185 Å². The summed E-state index contributed by atoms with van der Waals surface area (Å²) in [5.41, 5.74) is -1.61. The fourth-order valence-corrected chi connectivity index (χ4v) is 2.93. The third kappa shape index (κ3) is 4.04. The van der Waals surface area contributed by atoms with E-state index >= 15 is 0 Å². The van der Waals surface area contributed by atoms with Gasteiger partial charge in [-0.1, -0.05) is 0 Å². The van der Waals surface area contributed by atoms with Gasteiger partial charge in [-0.2, -0.15) is 0 Å². The average Bonchev–Trinajstić information content (AvgIpc) is 3.11. The molecule has 32 heavy (non-hydrogen) atoms. The number of aryl methyl sites for hydroxylation is 1. The van der Waals surface area contributed by atoms with Crippen molar-refractivity contribution in [2.75, 3.05) is 6.56 Å². The van der Waals surface area contributed by atoms with Gasteiger partial charge in [0.25, 0.3) is 12.0 Å². The number of hydrogen-bond acceptors (Lipinski definition) is 8. The molecule has 0 radical (unpaired) electrons. The number of nitrogens with zero attached hydrogens (tertiary/aromatic N) is 5. The van der Waals surface area contributed by atoms with Gasteiger partial charge in [-0.05, 0) is 19.0 Å². The van der Waals surface area contributed by atoms with Gasteiger partial charge in [0, 0.05) is 35.2 Å². The highest BCUT2D eigenvalue weighted by atomic mass is 19.3. The summed E-state index contributed by atoms with van der Waals surface area (Å²) in [6.07, 6.45) is -2.94. The molecule has 0 aliphatic carbocycles. The number of aromatic nitrogens is 7. The Morgan fingerprint density at radius 3 is 2.91 bits per heavy atom. The molecule has 0 unspecified atom stereocenters. The van der Waals surface area contributed by atoms with Gasteiger partial charge in [-0.15, -0.1) is 15.3 Å². The molecule has 0 fully saturated rings. The van der Waals surface area contributed by atoms with Crippen LogP contribution in [0.15, 0.2) is 40.2 Å². The van der Waals surface area contributed by atoms with Crippen LogP contribution >= 0.6 is 0 Å². The Morgan fingerprint density at radius 1 is 1.31 bits per heavy atom. The number of nitrogens with one attached hydrogen (secondary N) is 2. The van der Waals surface area contributed by atoms with Crippen LogP contribution in [0.25, 0.3) is 22.3 Å². The Kier molecular flexibility index (Phi) is 4.16. The van der Waals surface area contributed by atoms with Crippen LogP contribution < -0.4 is 20.7 Å². The molecule has 1 atom stereocenters. The van der Waals surface area contributed by atoms with Crippen molar-refractivity contribution in [2.24, 2.45) is 7.05 Å². The highest BCUT2D eigenvalue weighted by molar-refractivity contribution is 5.84. The molecule has 4 heterocycles. The van der Waals surface area contributed by atoms with Gasteiger partial charge in [0.1, 0.15) is 5.69 Å². The summed E-state index contributed by atoms with van der Waals surface area (Å²) >= 11 is 0. The van der Waals surface area contributed by atoms with Crippen LogP contribution in [0.3, 0.4) is 0 Å². The number of fused-ring (bicyclic) bond motifs is 1. The number of aromatic amines is 2. The lowest BCUT2D eigenvalue weighted by molar-refractivity contribution is 0.00829. The standard InChI is InChI=1S/C19H17F2N7O4/c1-3-31-13-6-9(4-5-22-13)14(15(20)21)32-18-10-7-12(25-26-16(10)28(2)27-18)11-8-23-19(30)24-17(11)29/h4-8,14-15H,3H2,1-2H3,(H2,23,24,29,30)/t14-/m1/s1/i1D3,3D2. The number of ether oxygens (including phenoxy) is 2.